The van der Waals surface area contributed by atoms with Crippen molar-refractivity contribution in [3.8, 4) is 0 Å². The summed E-state index contributed by atoms with van der Waals surface area (Å²) in [6.07, 6.45) is 0.251. The summed E-state index contributed by atoms with van der Waals surface area (Å²) in [6, 6.07) is 5.20. The lowest BCUT2D eigenvalue weighted by atomic mass is 10.2. The Balaban J connectivity index is 1.74. The van der Waals surface area contributed by atoms with Gasteiger partial charge in [0, 0.05) is 36.8 Å². The number of rotatable bonds is 4. The van der Waals surface area contributed by atoms with E-state index in [1.807, 2.05) is 13.8 Å². The molecule has 7 heteroatoms. The van der Waals surface area contributed by atoms with Crippen LogP contribution in [-0.2, 0) is 9.53 Å². The number of morpholine rings is 1. The first kappa shape index (κ1) is 17.6. The van der Waals surface area contributed by atoms with Crippen molar-refractivity contribution >= 4 is 29.2 Å². The highest BCUT2D eigenvalue weighted by Gasteiger charge is 2.21. The molecule has 23 heavy (non-hydrogen) atoms. The van der Waals surface area contributed by atoms with E-state index in [-0.39, 0.29) is 31.0 Å². The van der Waals surface area contributed by atoms with Crippen LogP contribution in [0.15, 0.2) is 18.2 Å². The van der Waals surface area contributed by atoms with E-state index < -0.39 is 0 Å². The first-order chi connectivity index (χ1) is 11.0. The number of urea groups is 1. The number of nitrogens with zero attached hydrogens (tertiary/aromatic N) is 1. The minimum Gasteiger partial charge on any atom is -0.375 e. The number of amides is 3. The third-order valence-corrected chi connectivity index (χ3v) is 4.11. The van der Waals surface area contributed by atoms with Crippen LogP contribution < -0.4 is 10.6 Å². The summed E-state index contributed by atoms with van der Waals surface area (Å²) in [7, 11) is 0. The van der Waals surface area contributed by atoms with Crippen molar-refractivity contribution in [3.05, 3.63) is 28.8 Å². The Morgan fingerprint density at radius 1 is 1.43 bits per heavy atom. The molecule has 2 rings (SSSR count). The van der Waals surface area contributed by atoms with E-state index >= 15 is 0 Å². The Hall–Kier alpha value is -1.79. The van der Waals surface area contributed by atoms with Gasteiger partial charge in [-0.1, -0.05) is 17.7 Å². The highest BCUT2D eigenvalue weighted by Crippen LogP contribution is 2.22. The maximum atomic E-state index is 12.0. The van der Waals surface area contributed by atoms with Gasteiger partial charge < -0.3 is 20.3 Å². The SMILES string of the molecule is Cc1c(Cl)cccc1NC(=O)CCNC(=O)N1CCO[C@@H](C)C1. The van der Waals surface area contributed by atoms with Crippen molar-refractivity contribution in [1.82, 2.24) is 10.2 Å². The zero-order valence-corrected chi connectivity index (χ0v) is 14.2. The zero-order chi connectivity index (χ0) is 16.8. The van der Waals surface area contributed by atoms with Gasteiger partial charge in [-0.05, 0) is 31.5 Å². The van der Waals surface area contributed by atoms with Gasteiger partial charge in [0.1, 0.15) is 0 Å². The summed E-state index contributed by atoms with van der Waals surface area (Å²) in [5.41, 5.74) is 1.52. The van der Waals surface area contributed by atoms with E-state index in [1.165, 1.54) is 0 Å². The monoisotopic (exact) mass is 339 g/mol. The quantitative estimate of drug-likeness (QED) is 0.885. The van der Waals surface area contributed by atoms with E-state index in [2.05, 4.69) is 10.6 Å². The van der Waals surface area contributed by atoms with Crippen LogP contribution in [-0.4, -0.2) is 49.2 Å². The number of carbonyl (C=O) groups excluding carboxylic acids is 2. The minimum absolute atomic E-state index is 0.0450. The summed E-state index contributed by atoms with van der Waals surface area (Å²) < 4.78 is 5.39. The maximum absolute atomic E-state index is 12.0. The fourth-order valence-corrected chi connectivity index (χ4v) is 2.53. The number of hydrogen-bond donors (Lipinski definition) is 2. The van der Waals surface area contributed by atoms with Gasteiger partial charge in [-0.3, -0.25) is 4.79 Å². The first-order valence-electron chi connectivity index (χ1n) is 7.66. The molecule has 0 spiro atoms. The molecule has 1 atom stereocenters. The van der Waals surface area contributed by atoms with Crippen LogP contribution in [0.3, 0.4) is 0 Å². The number of carbonyl (C=O) groups is 2. The summed E-state index contributed by atoms with van der Waals surface area (Å²) in [5.74, 6) is -0.161. The topological polar surface area (TPSA) is 70.7 Å². The molecule has 2 N–H and O–H groups in total. The molecule has 1 heterocycles. The Labute approximate surface area is 141 Å². The lowest BCUT2D eigenvalue weighted by molar-refractivity contribution is -0.116. The fourth-order valence-electron chi connectivity index (χ4n) is 2.35. The highest BCUT2D eigenvalue weighted by molar-refractivity contribution is 6.31. The van der Waals surface area contributed by atoms with Gasteiger partial charge in [-0.25, -0.2) is 4.79 Å². The predicted molar refractivity (Wildman–Crippen MR) is 89.8 cm³/mol. The average Bonchev–Trinajstić information content (AvgIpc) is 2.52. The van der Waals surface area contributed by atoms with Crippen LogP contribution >= 0.6 is 11.6 Å². The maximum Gasteiger partial charge on any atom is 0.317 e. The van der Waals surface area contributed by atoms with E-state index in [0.29, 0.717) is 30.4 Å². The molecule has 1 fully saturated rings. The Morgan fingerprint density at radius 2 is 2.22 bits per heavy atom. The molecule has 1 aromatic rings. The molecule has 6 nitrogen and oxygen atoms in total. The van der Waals surface area contributed by atoms with E-state index in [4.69, 9.17) is 16.3 Å². The van der Waals surface area contributed by atoms with Crippen molar-refractivity contribution in [2.24, 2.45) is 0 Å². The number of hydrogen-bond acceptors (Lipinski definition) is 3. The highest BCUT2D eigenvalue weighted by atomic mass is 35.5. The summed E-state index contributed by atoms with van der Waals surface area (Å²) >= 11 is 6.02. The molecular weight excluding hydrogens is 318 g/mol. The summed E-state index contributed by atoms with van der Waals surface area (Å²) in [6.45, 7) is 5.75. The molecule has 0 unspecified atom stereocenters. The molecule has 0 radical (unpaired) electrons. The van der Waals surface area contributed by atoms with Gasteiger partial charge >= 0.3 is 6.03 Å². The smallest absolute Gasteiger partial charge is 0.317 e. The van der Waals surface area contributed by atoms with Gasteiger partial charge in [-0.15, -0.1) is 0 Å². The molecule has 1 saturated heterocycles. The third-order valence-electron chi connectivity index (χ3n) is 3.70. The molecule has 0 bridgehead atoms. The largest absolute Gasteiger partial charge is 0.375 e. The van der Waals surface area contributed by atoms with Crippen molar-refractivity contribution in [2.75, 3.05) is 31.6 Å². The van der Waals surface area contributed by atoms with E-state index in [1.54, 1.807) is 23.1 Å². The number of nitrogens with one attached hydrogen (secondary N) is 2. The lowest BCUT2D eigenvalue weighted by Gasteiger charge is -2.31. The molecule has 3 amide bonds. The number of halogens is 1. The standard InChI is InChI=1S/C16H22ClN3O3/c1-11-10-20(8-9-23-11)16(22)18-7-6-15(21)19-14-5-3-4-13(17)12(14)2/h3-5,11H,6-10H2,1-2H3,(H,18,22)(H,19,21)/t11-/m0/s1. The average molecular weight is 340 g/mol. The molecule has 126 valence electrons. The first-order valence-corrected chi connectivity index (χ1v) is 8.04. The Bertz CT molecular complexity index is 580. The number of benzene rings is 1. The molecule has 1 aromatic carbocycles. The molecule has 1 aliphatic heterocycles. The second-order valence-corrected chi connectivity index (χ2v) is 5.98. The van der Waals surface area contributed by atoms with Crippen molar-refractivity contribution in [2.45, 2.75) is 26.4 Å². The molecule has 1 aliphatic rings. The summed E-state index contributed by atoms with van der Waals surface area (Å²) in [4.78, 5) is 25.6. The summed E-state index contributed by atoms with van der Waals surface area (Å²) in [5, 5.41) is 6.17. The van der Waals surface area contributed by atoms with Crippen LogP contribution in [0, 0.1) is 6.92 Å². The Kier molecular flexibility index (Phi) is 6.24. The van der Waals surface area contributed by atoms with Crippen LogP contribution in [0.1, 0.15) is 18.9 Å². The molecule has 0 aromatic heterocycles. The van der Waals surface area contributed by atoms with Crippen LogP contribution in [0.5, 0.6) is 0 Å². The van der Waals surface area contributed by atoms with Crippen LogP contribution in [0.25, 0.3) is 0 Å². The van der Waals surface area contributed by atoms with Gasteiger partial charge in [0.25, 0.3) is 0 Å². The van der Waals surface area contributed by atoms with E-state index in [0.717, 1.165) is 5.56 Å². The molecule has 0 saturated carbocycles. The van der Waals surface area contributed by atoms with E-state index in [9.17, 15) is 9.59 Å². The van der Waals surface area contributed by atoms with Crippen LogP contribution in [0.4, 0.5) is 10.5 Å². The predicted octanol–water partition coefficient (Wildman–Crippen LogP) is 2.41. The molecular formula is C16H22ClN3O3. The van der Waals surface area contributed by atoms with Gasteiger partial charge in [0.2, 0.25) is 5.91 Å². The zero-order valence-electron chi connectivity index (χ0n) is 13.4. The Morgan fingerprint density at radius 3 is 2.96 bits per heavy atom. The fraction of sp³-hybridized carbons (Fsp3) is 0.500. The van der Waals surface area contributed by atoms with Gasteiger partial charge in [0.05, 0.1) is 12.7 Å². The van der Waals surface area contributed by atoms with Crippen LogP contribution in [0.2, 0.25) is 5.02 Å². The minimum atomic E-state index is -0.161. The second-order valence-electron chi connectivity index (χ2n) is 5.57. The number of ether oxygens (including phenoxy) is 1. The third kappa shape index (κ3) is 5.11. The lowest BCUT2D eigenvalue weighted by Crippen LogP contribution is -2.49. The number of anilines is 1. The van der Waals surface area contributed by atoms with Crippen molar-refractivity contribution in [1.29, 1.82) is 0 Å². The molecule has 0 aliphatic carbocycles. The van der Waals surface area contributed by atoms with Gasteiger partial charge in [0.15, 0.2) is 0 Å². The van der Waals surface area contributed by atoms with Crippen molar-refractivity contribution in [3.63, 3.8) is 0 Å². The normalized spacial score (nSPS) is 17.7. The second kappa shape index (κ2) is 8.17. The van der Waals surface area contributed by atoms with Crippen molar-refractivity contribution < 1.29 is 14.3 Å². The van der Waals surface area contributed by atoms with Gasteiger partial charge in [-0.2, -0.15) is 0 Å².